The Labute approximate surface area is 188 Å². The molecule has 0 aliphatic carbocycles. The van der Waals surface area contributed by atoms with Gasteiger partial charge in [0.2, 0.25) is 5.95 Å². The summed E-state index contributed by atoms with van der Waals surface area (Å²) >= 11 is 3.58. The minimum absolute atomic E-state index is 0.526. The zero-order chi connectivity index (χ0) is 21.8. The molecule has 0 aliphatic heterocycles. The van der Waals surface area contributed by atoms with Crippen LogP contribution in [0.4, 0.5) is 11.6 Å². The van der Waals surface area contributed by atoms with Crippen molar-refractivity contribution in [1.29, 1.82) is 0 Å². The van der Waals surface area contributed by atoms with Gasteiger partial charge in [-0.2, -0.15) is 0 Å². The fourth-order valence-corrected chi connectivity index (χ4v) is 4.59. The van der Waals surface area contributed by atoms with Crippen molar-refractivity contribution in [2.24, 2.45) is 7.05 Å². The number of anilines is 2. The Bertz CT molecular complexity index is 1020. The summed E-state index contributed by atoms with van der Waals surface area (Å²) in [5, 5.41) is 0. The molecular formula is C24H33BrN4O. The van der Waals surface area contributed by atoms with Crippen LogP contribution in [0.25, 0.3) is 22.2 Å². The maximum atomic E-state index is 6.30. The molecule has 6 heteroatoms. The first-order valence-corrected chi connectivity index (χ1v) is 11.6. The number of nitrogens with two attached hydrogens (primary N) is 1. The largest absolute Gasteiger partial charge is 0.496 e. The van der Waals surface area contributed by atoms with Crippen LogP contribution in [0.1, 0.15) is 45.1 Å². The quantitative estimate of drug-likeness (QED) is 0.396. The molecule has 30 heavy (non-hydrogen) atoms. The van der Waals surface area contributed by atoms with Gasteiger partial charge in [0.1, 0.15) is 11.3 Å². The number of rotatable bonds is 9. The third-order valence-corrected chi connectivity index (χ3v) is 6.15. The van der Waals surface area contributed by atoms with Crippen LogP contribution in [0.3, 0.4) is 0 Å². The van der Waals surface area contributed by atoms with Crippen molar-refractivity contribution in [2.75, 3.05) is 30.8 Å². The number of hydrogen-bond acceptors (Lipinski definition) is 4. The second-order valence-electron chi connectivity index (χ2n) is 7.85. The molecule has 0 amide bonds. The molecule has 0 bridgehead atoms. The smallest absolute Gasteiger partial charge is 0.201 e. The third kappa shape index (κ3) is 4.29. The van der Waals surface area contributed by atoms with E-state index in [0.717, 1.165) is 51.0 Å². The van der Waals surface area contributed by atoms with E-state index in [1.54, 1.807) is 7.11 Å². The lowest BCUT2D eigenvalue weighted by atomic mass is 9.97. The van der Waals surface area contributed by atoms with Gasteiger partial charge >= 0.3 is 0 Å². The normalized spacial score (nSPS) is 11.3. The zero-order valence-electron chi connectivity index (χ0n) is 18.8. The second-order valence-corrected chi connectivity index (χ2v) is 8.77. The third-order valence-electron chi connectivity index (χ3n) is 5.69. The highest BCUT2D eigenvalue weighted by Crippen LogP contribution is 2.42. The summed E-state index contributed by atoms with van der Waals surface area (Å²) in [4.78, 5) is 7.27. The van der Waals surface area contributed by atoms with Crippen molar-refractivity contribution in [2.45, 2.75) is 46.5 Å². The van der Waals surface area contributed by atoms with Gasteiger partial charge in [-0.25, -0.2) is 4.98 Å². The summed E-state index contributed by atoms with van der Waals surface area (Å²) in [6, 6.07) is 8.51. The Balaban J connectivity index is 2.25. The van der Waals surface area contributed by atoms with Crippen molar-refractivity contribution in [3.05, 3.63) is 34.3 Å². The number of benzene rings is 2. The standard InChI is InChI=1S/C24H33BrN4O/c1-6-8-12-29(13-9-7-2)19-11-10-18(22-23(19)28(4)24(26)27-22)21-16(3)14-17(25)15-20(21)30-5/h10-11,14-15H,6-9,12-13H2,1-5H3,(H2,26,27). The number of imidazole rings is 1. The number of ether oxygens (including phenoxy) is 1. The summed E-state index contributed by atoms with van der Waals surface area (Å²) in [5.74, 6) is 1.35. The highest BCUT2D eigenvalue weighted by molar-refractivity contribution is 9.10. The van der Waals surface area contributed by atoms with Crippen molar-refractivity contribution < 1.29 is 4.74 Å². The molecule has 1 heterocycles. The van der Waals surface area contributed by atoms with Crippen LogP contribution in [0.5, 0.6) is 5.75 Å². The highest BCUT2D eigenvalue weighted by atomic mass is 79.9. The molecule has 0 saturated carbocycles. The molecule has 3 aromatic rings. The molecule has 2 N–H and O–H groups in total. The first-order chi connectivity index (χ1) is 14.4. The topological polar surface area (TPSA) is 56.3 Å². The lowest BCUT2D eigenvalue weighted by Gasteiger charge is -2.26. The number of hydrogen-bond donors (Lipinski definition) is 1. The number of halogens is 1. The fourth-order valence-electron chi connectivity index (χ4n) is 4.04. The second kappa shape index (κ2) is 9.73. The molecule has 0 aliphatic rings. The number of aryl methyl sites for hydroxylation is 2. The SMILES string of the molecule is CCCCN(CCCC)c1ccc(-c2c(C)cc(Br)cc2OC)c2nc(N)n(C)c12. The van der Waals surface area contributed by atoms with E-state index in [2.05, 4.69) is 59.8 Å². The van der Waals surface area contributed by atoms with Crippen LogP contribution in [-0.4, -0.2) is 29.8 Å². The van der Waals surface area contributed by atoms with Crippen LogP contribution in [0.15, 0.2) is 28.7 Å². The zero-order valence-corrected chi connectivity index (χ0v) is 20.3. The molecule has 3 rings (SSSR count). The average molecular weight is 473 g/mol. The number of nitrogen functional groups attached to an aromatic ring is 1. The molecule has 0 spiro atoms. The van der Waals surface area contributed by atoms with E-state index < -0.39 is 0 Å². The predicted molar refractivity (Wildman–Crippen MR) is 132 cm³/mol. The monoisotopic (exact) mass is 472 g/mol. The molecule has 0 radical (unpaired) electrons. The molecule has 5 nitrogen and oxygen atoms in total. The first-order valence-electron chi connectivity index (χ1n) is 10.8. The molecule has 0 saturated heterocycles. The van der Waals surface area contributed by atoms with Gasteiger partial charge in [-0.05, 0) is 49.6 Å². The Morgan fingerprint density at radius 3 is 2.40 bits per heavy atom. The summed E-state index contributed by atoms with van der Waals surface area (Å²) in [6.45, 7) is 8.65. The van der Waals surface area contributed by atoms with E-state index in [9.17, 15) is 0 Å². The Kier molecular flexibility index (Phi) is 7.29. The number of nitrogens with zero attached hydrogens (tertiary/aromatic N) is 3. The number of unbranched alkanes of at least 4 members (excludes halogenated alkanes) is 2. The Morgan fingerprint density at radius 2 is 1.80 bits per heavy atom. The molecule has 162 valence electrons. The van der Waals surface area contributed by atoms with E-state index >= 15 is 0 Å². The van der Waals surface area contributed by atoms with Gasteiger partial charge in [0.25, 0.3) is 0 Å². The molecule has 0 unspecified atom stereocenters. The maximum absolute atomic E-state index is 6.30. The van der Waals surface area contributed by atoms with E-state index in [1.165, 1.54) is 31.4 Å². The molecule has 1 aromatic heterocycles. The summed E-state index contributed by atoms with van der Waals surface area (Å²) in [6.07, 6.45) is 4.68. The van der Waals surface area contributed by atoms with Gasteiger partial charge in [-0.3, -0.25) is 0 Å². The Morgan fingerprint density at radius 1 is 1.13 bits per heavy atom. The van der Waals surface area contributed by atoms with E-state index in [0.29, 0.717) is 5.95 Å². The summed E-state index contributed by atoms with van der Waals surface area (Å²) < 4.78 is 8.74. The fraction of sp³-hybridized carbons (Fsp3) is 0.458. The van der Waals surface area contributed by atoms with Crippen molar-refractivity contribution in [3.8, 4) is 16.9 Å². The molecule has 2 aromatic carbocycles. The van der Waals surface area contributed by atoms with E-state index in [-0.39, 0.29) is 0 Å². The van der Waals surface area contributed by atoms with Gasteiger partial charge in [-0.1, -0.05) is 42.6 Å². The first kappa shape index (κ1) is 22.5. The molecule has 0 atom stereocenters. The summed E-state index contributed by atoms with van der Waals surface area (Å²) in [7, 11) is 3.71. The van der Waals surface area contributed by atoms with Gasteiger partial charge in [-0.15, -0.1) is 0 Å². The van der Waals surface area contributed by atoms with Gasteiger partial charge in [0.05, 0.1) is 18.3 Å². The van der Waals surface area contributed by atoms with Crippen LogP contribution in [-0.2, 0) is 7.05 Å². The number of methoxy groups -OCH3 is 1. The lowest BCUT2D eigenvalue weighted by Crippen LogP contribution is -2.26. The predicted octanol–water partition coefficient (Wildman–Crippen LogP) is 6.31. The van der Waals surface area contributed by atoms with Crippen LogP contribution < -0.4 is 15.4 Å². The van der Waals surface area contributed by atoms with Crippen molar-refractivity contribution in [1.82, 2.24) is 9.55 Å². The van der Waals surface area contributed by atoms with Crippen LogP contribution in [0.2, 0.25) is 0 Å². The highest BCUT2D eigenvalue weighted by Gasteiger charge is 2.21. The lowest BCUT2D eigenvalue weighted by molar-refractivity contribution is 0.416. The van der Waals surface area contributed by atoms with Gasteiger partial charge in [0, 0.05) is 35.7 Å². The van der Waals surface area contributed by atoms with Crippen LogP contribution in [0, 0.1) is 6.92 Å². The van der Waals surface area contributed by atoms with Gasteiger partial charge < -0.3 is 19.9 Å². The molecular weight excluding hydrogens is 440 g/mol. The van der Waals surface area contributed by atoms with E-state index in [1.807, 2.05) is 17.7 Å². The Hall–Kier alpha value is -2.21. The average Bonchev–Trinajstić information content (AvgIpc) is 3.02. The van der Waals surface area contributed by atoms with Crippen molar-refractivity contribution in [3.63, 3.8) is 0 Å². The van der Waals surface area contributed by atoms with E-state index in [4.69, 9.17) is 15.5 Å². The summed E-state index contributed by atoms with van der Waals surface area (Å²) in [5.41, 5.74) is 12.8. The maximum Gasteiger partial charge on any atom is 0.201 e. The minimum atomic E-state index is 0.526. The van der Waals surface area contributed by atoms with Crippen molar-refractivity contribution >= 4 is 38.6 Å². The van der Waals surface area contributed by atoms with Crippen LogP contribution >= 0.6 is 15.9 Å². The number of aromatic nitrogens is 2. The molecule has 0 fully saturated rings. The number of fused-ring (bicyclic) bond motifs is 1. The van der Waals surface area contributed by atoms with Gasteiger partial charge in [0.15, 0.2) is 0 Å². The minimum Gasteiger partial charge on any atom is -0.496 e.